The molecule has 6 aromatic carbocycles. The van der Waals surface area contributed by atoms with E-state index in [0.717, 1.165) is 54.6 Å². The summed E-state index contributed by atoms with van der Waals surface area (Å²) < 4.78 is 0. The fourth-order valence-electron chi connectivity index (χ4n) is 6.00. The highest BCUT2D eigenvalue weighted by Gasteiger charge is 2.18. The van der Waals surface area contributed by atoms with Crippen LogP contribution in [0.25, 0.3) is 49.3 Å². The second kappa shape index (κ2) is 15.4. The van der Waals surface area contributed by atoms with Crippen LogP contribution in [0.1, 0.15) is 16.7 Å². The van der Waals surface area contributed by atoms with Crippen molar-refractivity contribution in [3.05, 3.63) is 224 Å². The van der Waals surface area contributed by atoms with E-state index in [4.69, 9.17) is 10.7 Å². The fourth-order valence-corrected chi connectivity index (χ4v) is 6.00. The highest BCUT2D eigenvalue weighted by molar-refractivity contribution is 6.35. The van der Waals surface area contributed by atoms with Gasteiger partial charge in [-0.2, -0.15) is 0 Å². The molecule has 0 atom stereocenters. The average molecular weight is 631 g/mol. The van der Waals surface area contributed by atoms with Gasteiger partial charge in [0, 0.05) is 16.7 Å². The monoisotopic (exact) mass is 630 g/mol. The van der Waals surface area contributed by atoms with Gasteiger partial charge in [0.25, 0.3) is 0 Å². The van der Waals surface area contributed by atoms with Crippen LogP contribution in [0.3, 0.4) is 0 Å². The largest absolute Gasteiger partial charge is 0.396 e. The van der Waals surface area contributed by atoms with Crippen molar-refractivity contribution in [1.82, 2.24) is 0 Å². The zero-order chi connectivity index (χ0) is 34.0. The zero-order valence-electron chi connectivity index (χ0n) is 27.5. The van der Waals surface area contributed by atoms with Gasteiger partial charge in [0.2, 0.25) is 0 Å². The molecule has 0 radical (unpaired) electrons. The Morgan fingerprint density at radius 1 is 0.490 bits per heavy atom. The standard InChI is InChI=1S/C47H38N2/c1-4-5-6-7-8-9-10-11-21-34(2)46(35(3)39-31-18-25-36-22-12-15-28-40(36)39)49-47(44-33-20-27-38-24-14-17-30-42(38)44)45(48)43-32-19-26-37-23-13-16-29-41(37)43/h4-33H,1-3,48H2/b6-5-,8-7-,10-9-,21-11-,47-45-,49-46?. The summed E-state index contributed by atoms with van der Waals surface area (Å²) in [6, 6.07) is 43.7. The third-order valence-corrected chi connectivity index (χ3v) is 8.41. The van der Waals surface area contributed by atoms with Gasteiger partial charge < -0.3 is 5.73 Å². The number of aliphatic imine (C=N–C) groups is 1. The summed E-state index contributed by atoms with van der Waals surface area (Å²) in [4.78, 5) is 5.48. The van der Waals surface area contributed by atoms with Gasteiger partial charge in [-0.05, 0) is 43.5 Å². The van der Waals surface area contributed by atoms with E-state index in [-0.39, 0.29) is 0 Å². The Morgan fingerprint density at radius 3 is 1.49 bits per heavy atom. The Kier molecular flexibility index (Phi) is 10.2. The molecule has 0 aliphatic carbocycles. The van der Waals surface area contributed by atoms with Gasteiger partial charge in [0.05, 0.1) is 17.1 Å². The normalized spacial score (nSPS) is 12.9. The summed E-state index contributed by atoms with van der Waals surface area (Å²) in [5, 5.41) is 6.55. The molecule has 6 rings (SSSR count). The van der Waals surface area contributed by atoms with Crippen molar-refractivity contribution in [3.8, 4) is 0 Å². The first-order valence-electron chi connectivity index (χ1n) is 16.3. The summed E-state index contributed by atoms with van der Waals surface area (Å²) in [6.07, 6.45) is 17.3. The van der Waals surface area contributed by atoms with Crippen LogP contribution in [0.15, 0.2) is 212 Å². The van der Waals surface area contributed by atoms with Crippen LogP contribution in [0.2, 0.25) is 0 Å². The van der Waals surface area contributed by atoms with Crippen LogP contribution in [-0.2, 0) is 0 Å². The second-order valence-electron chi connectivity index (χ2n) is 11.6. The predicted octanol–water partition coefficient (Wildman–Crippen LogP) is 12.1. The Labute approximate surface area is 289 Å². The maximum absolute atomic E-state index is 7.26. The number of allylic oxidation sites excluding steroid dienone is 11. The Morgan fingerprint density at radius 2 is 0.918 bits per heavy atom. The summed E-state index contributed by atoms with van der Waals surface area (Å²) in [5.74, 6) is 0. The van der Waals surface area contributed by atoms with Crippen LogP contribution in [0.4, 0.5) is 0 Å². The van der Waals surface area contributed by atoms with Crippen molar-refractivity contribution in [2.24, 2.45) is 10.7 Å². The molecule has 236 valence electrons. The van der Waals surface area contributed by atoms with Gasteiger partial charge in [-0.1, -0.05) is 202 Å². The Hall–Kier alpha value is -6.51. The third-order valence-electron chi connectivity index (χ3n) is 8.41. The van der Waals surface area contributed by atoms with E-state index in [1.807, 2.05) is 91.1 Å². The first-order valence-corrected chi connectivity index (χ1v) is 16.3. The van der Waals surface area contributed by atoms with Gasteiger partial charge in [0.15, 0.2) is 0 Å². The molecule has 0 saturated heterocycles. The van der Waals surface area contributed by atoms with E-state index >= 15 is 0 Å². The third kappa shape index (κ3) is 7.25. The lowest BCUT2D eigenvalue weighted by Crippen LogP contribution is -2.08. The van der Waals surface area contributed by atoms with Crippen molar-refractivity contribution in [2.45, 2.75) is 0 Å². The molecule has 2 N–H and O–H groups in total. The SMILES string of the molecule is C=C\C=C/C=C\C=C/C=C\C(=C)C(=N/C(=C(\N)c1cccc2ccccc12)c1cccc2ccccc12)C(=C)c1cccc2ccccc12. The molecule has 2 heteroatoms. The minimum Gasteiger partial charge on any atom is -0.396 e. The molecule has 0 aliphatic heterocycles. The molecule has 0 aliphatic rings. The van der Waals surface area contributed by atoms with Crippen LogP contribution in [-0.4, -0.2) is 5.71 Å². The number of fused-ring (bicyclic) bond motifs is 3. The van der Waals surface area contributed by atoms with E-state index in [1.54, 1.807) is 6.08 Å². The van der Waals surface area contributed by atoms with Gasteiger partial charge in [-0.15, -0.1) is 0 Å². The highest BCUT2D eigenvalue weighted by atomic mass is 14.8. The smallest absolute Gasteiger partial charge is 0.0951 e. The molecule has 0 unspecified atom stereocenters. The zero-order valence-corrected chi connectivity index (χ0v) is 27.5. The number of rotatable bonds is 11. The Bertz CT molecular complexity index is 2370. The lowest BCUT2D eigenvalue weighted by molar-refractivity contribution is 1.46. The van der Waals surface area contributed by atoms with Crippen molar-refractivity contribution in [1.29, 1.82) is 0 Å². The van der Waals surface area contributed by atoms with Crippen molar-refractivity contribution < 1.29 is 0 Å². The molecular weight excluding hydrogens is 593 g/mol. The van der Waals surface area contributed by atoms with E-state index in [2.05, 4.69) is 105 Å². The van der Waals surface area contributed by atoms with Crippen LogP contribution in [0.5, 0.6) is 0 Å². The van der Waals surface area contributed by atoms with E-state index in [1.165, 1.54) is 0 Å². The number of nitrogens with two attached hydrogens (primary N) is 1. The minimum atomic E-state index is 0.575. The molecule has 0 heterocycles. The number of benzene rings is 6. The van der Waals surface area contributed by atoms with E-state index in [0.29, 0.717) is 22.7 Å². The van der Waals surface area contributed by atoms with Crippen molar-refractivity contribution in [2.75, 3.05) is 0 Å². The molecular formula is C47H38N2. The lowest BCUT2D eigenvalue weighted by atomic mass is 9.92. The van der Waals surface area contributed by atoms with E-state index in [9.17, 15) is 0 Å². The van der Waals surface area contributed by atoms with Crippen molar-refractivity contribution in [3.63, 3.8) is 0 Å². The maximum Gasteiger partial charge on any atom is 0.0951 e. The van der Waals surface area contributed by atoms with Gasteiger partial charge in [-0.3, -0.25) is 0 Å². The molecule has 2 nitrogen and oxygen atoms in total. The fraction of sp³-hybridized carbons (Fsp3) is 0. The molecule has 6 aromatic rings. The molecule has 0 fully saturated rings. The quantitative estimate of drug-likeness (QED) is 0.0863. The van der Waals surface area contributed by atoms with Gasteiger partial charge in [0.1, 0.15) is 0 Å². The summed E-state index contributed by atoms with van der Waals surface area (Å²) in [5.41, 5.74) is 13.4. The maximum atomic E-state index is 7.26. The highest BCUT2D eigenvalue weighted by Crippen LogP contribution is 2.35. The van der Waals surface area contributed by atoms with E-state index < -0.39 is 0 Å². The second-order valence-corrected chi connectivity index (χ2v) is 11.6. The van der Waals surface area contributed by atoms with Crippen molar-refractivity contribution >= 4 is 55.0 Å². The average Bonchev–Trinajstić information content (AvgIpc) is 3.15. The molecule has 49 heavy (non-hydrogen) atoms. The van der Waals surface area contributed by atoms with Gasteiger partial charge in [-0.25, -0.2) is 4.99 Å². The topological polar surface area (TPSA) is 38.4 Å². The lowest BCUT2D eigenvalue weighted by Gasteiger charge is -2.18. The molecule has 0 aromatic heterocycles. The number of hydrogen-bond donors (Lipinski definition) is 1. The van der Waals surface area contributed by atoms with Crippen LogP contribution >= 0.6 is 0 Å². The van der Waals surface area contributed by atoms with Gasteiger partial charge >= 0.3 is 0 Å². The summed E-state index contributed by atoms with van der Waals surface area (Å²) in [6.45, 7) is 12.9. The summed E-state index contributed by atoms with van der Waals surface area (Å²) in [7, 11) is 0. The first kappa shape index (κ1) is 32.4. The first-order chi connectivity index (χ1) is 24.1. The minimum absolute atomic E-state index is 0.575. The number of nitrogens with zero attached hydrogens (tertiary/aromatic N) is 1. The van der Waals surface area contributed by atoms with Crippen LogP contribution < -0.4 is 5.73 Å². The molecule has 0 bridgehead atoms. The predicted molar refractivity (Wildman–Crippen MR) is 215 cm³/mol. The number of hydrogen-bond acceptors (Lipinski definition) is 2. The summed E-state index contributed by atoms with van der Waals surface area (Å²) >= 11 is 0. The molecule has 0 amide bonds. The molecule has 0 spiro atoms. The Balaban J connectivity index is 1.59. The molecule has 0 saturated carbocycles. The van der Waals surface area contributed by atoms with Crippen LogP contribution in [0, 0.1) is 0 Å².